The minimum absolute atomic E-state index is 0.333. The summed E-state index contributed by atoms with van der Waals surface area (Å²) in [4.78, 5) is 11.5. The van der Waals surface area contributed by atoms with Crippen molar-refractivity contribution in [1.82, 2.24) is 5.32 Å². The molecule has 0 unspecified atom stereocenters. The Kier molecular flexibility index (Phi) is 6.00. The van der Waals surface area contributed by atoms with Gasteiger partial charge in [-0.15, -0.1) is 0 Å². The maximum Gasteiger partial charge on any atom is 0.411 e. The maximum atomic E-state index is 11.5. The zero-order chi connectivity index (χ0) is 13.4. The average Bonchev–Trinajstić information content (AvgIpc) is 2.35. The fourth-order valence-corrected chi connectivity index (χ4v) is 1.39. The maximum absolute atomic E-state index is 11.5. The van der Waals surface area contributed by atoms with E-state index in [1.54, 1.807) is 19.2 Å². The second-order valence-electron chi connectivity index (χ2n) is 4.07. The molecule has 1 amide bonds. The highest BCUT2D eigenvalue weighted by Gasteiger charge is 2.07. The SMILES string of the molecule is COc1ccccc1NC(=O)OCCNC(C)C. The molecular weight excluding hydrogens is 232 g/mol. The number of para-hydroxylation sites is 2. The molecule has 5 nitrogen and oxygen atoms in total. The Hall–Kier alpha value is -1.75. The number of amides is 1. The van der Waals surface area contributed by atoms with Gasteiger partial charge >= 0.3 is 6.09 Å². The van der Waals surface area contributed by atoms with E-state index < -0.39 is 6.09 Å². The van der Waals surface area contributed by atoms with Crippen LogP contribution in [0.3, 0.4) is 0 Å². The Morgan fingerprint density at radius 3 is 2.72 bits per heavy atom. The van der Waals surface area contributed by atoms with Crippen molar-refractivity contribution in [2.45, 2.75) is 19.9 Å². The van der Waals surface area contributed by atoms with Crippen LogP contribution in [-0.2, 0) is 4.74 Å². The summed E-state index contributed by atoms with van der Waals surface area (Å²) in [7, 11) is 1.55. The molecule has 1 rings (SSSR count). The van der Waals surface area contributed by atoms with Gasteiger partial charge in [-0.2, -0.15) is 0 Å². The summed E-state index contributed by atoms with van der Waals surface area (Å²) in [5.41, 5.74) is 0.599. The standard InChI is InChI=1S/C13H20N2O3/c1-10(2)14-8-9-18-13(16)15-11-6-4-5-7-12(11)17-3/h4-7,10,14H,8-9H2,1-3H3,(H,15,16). The number of carbonyl (C=O) groups excluding carboxylic acids is 1. The van der Waals surface area contributed by atoms with Gasteiger partial charge in [-0.3, -0.25) is 5.32 Å². The van der Waals surface area contributed by atoms with E-state index in [2.05, 4.69) is 10.6 Å². The average molecular weight is 252 g/mol. The summed E-state index contributed by atoms with van der Waals surface area (Å²) < 4.78 is 10.1. The number of anilines is 1. The van der Waals surface area contributed by atoms with Crippen LogP contribution in [0.15, 0.2) is 24.3 Å². The van der Waals surface area contributed by atoms with Crippen LogP contribution in [0.4, 0.5) is 10.5 Å². The van der Waals surface area contributed by atoms with Crippen molar-refractivity contribution in [3.05, 3.63) is 24.3 Å². The first-order valence-corrected chi connectivity index (χ1v) is 5.93. The van der Waals surface area contributed by atoms with E-state index in [0.717, 1.165) is 0 Å². The van der Waals surface area contributed by atoms with E-state index in [-0.39, 0.29) is 0 Å². The van der Waals surface area contributed by atoms with E-state index in [1.807, 2.05) is 26.0 Å². The lowest BCUT2D eigenvalue weighted by Gasteiger charge is -2.11. The molecule has 0 bridgehead atoms. The van der Waals surface area contributed by atoms with Crippen LogP contribution in [0.2, 0.25) is 0 Å². The molecule has 0 aliphatic rings. The first-order valence-electron chi connectivity index (χ1n) is 5.93. The molecule has 0 aliphatic carbocycles. The molecule has 0 spiro atoms. The van der Waals surface area contributed by atoms with Crippen LogP contribution >= 0.6 is 0 Å². The highest BCUT2D eigenvalue weighted by molar-refractivity contribution is 5.86. The van der Waals surface area contributed by atoms with Crippen molar-refractivity contribution in [2.75, 3.05) is 25.6 Å². The zero-order valence-electron chi connectivity index (χ0n) is 11.0. The van der Waals surface area contributed by atoms with Crippen LogP contribution in [-0.4, -0.2) is 32.4 Å². The number of hydrogen-bond acceptors (Lipinski definition) is 4. The molecule has 0 radical (unpaired) electrons. The number of hydrogen-bond donors (Lipinski definition) is 2. The predicted octanol–water partition coefficient (Wildman–Crippen LogP) is 2.24. The van der Waals surface area contributed by atoms with E-state index in [1.165, 1.54) is 0 Å². The van der Waals surface area contributed by atoms with Gasteiger partial charge in [0.15, 0.2) is 0 Å². The van der Waals surface area contributed by atoms with Crippen molar-refractivity contribution < 1.29 is 14.3 Å². The predicted molar refractivity (Wildman–Crippen MR) is 71.1 cm³/mol. The second-order valence-corrected chi connectivity index (χ2v) is 4.07. The summed E-state index contributed by atoms with van der Waals surface area (Å²) >= 11 is 0. The third kappa shape index (κ3) is 5.05. The van der Waals surface area contributed by atoms with Gasteiger partial charge in [-0.1, -0.05) is 26.0 Å². The third-order valence-electron chi connectivity index (χ3n) is 2.23. The molecule has 0 saturated heterocycles. The van der Waals surface area contributed by atoms with E-state index >= 15 is 0 Å². The first-order chi connectivity index (χ1) is 8.63. The summed E-state index contributed by atoms with van der Waals surface area (Å²) in [6, 6.07) is 7.56. The summed E-state index contributed by atoms with van der Waals surface area (Å²) in [6.45, 7) is 5.04. The van der Waals surface area contributed by atoms with Crippen molar-refractivity contribution in [1.29, 1.82) is 0 Å². The molecule has 0 saturated carbocycles. The Morgan fingerprint density at radius 1 is 1.33 bits per heavy atom. The topological polar surface area (TPSA) is 59.6 Å². The number of benzene rings is 1. The monoisotopic (exact) mass is 252 g/mol. The van der Waals surface area contributed by atoms with Crippen LogP contribution in [0, 0.1) is 0 Å². The largest absolute Gasteiger partial charge is 0.495 e. The second kappa shape index (κ2) is 7.55. The lowest BCUT2D eigenvalue weighted by molar-refractivity contribution is 0.161. The number of ether oxygens (including phenoxy) is 2. The fourth-order valence-electron chi connectivity index (χ4n) is 1.39. The van der Waals surface area contributed by atoms with Crippen LogP contribution in [0.1, 0.15) is 13.8 Å². The smallest absolute Gasteiger partial charge is 0.411 e. The van der Waals surface area contributed by atoms with Gasteiger partial charge in [0.2, 0.25) is 0 Å². The fraction of sp³-hybridized carbons (Fsp3) is 0.462. The van der Waals surface area contributed by atoms with E-state index in [9.17, 15) is 4.79 Å². The van der Waals surface area contributed by atoms with Crippen molar-refractivity contribution in [2.24, 2.45) is 0 Å². The number of nitrogens with one attached hydrogen (secondary N) is 2. The zero-order valence-corrected chi connectivity index (χ0v) is 11.0. The van der Waals surface area contributed by atoms with Gasteiger partial charge in [0.1, 0.15) is 12.4 Å². The third-order valence-corrected chi connectivity index (χ3v) is 2.23. The van der Waals surface area contributed by atoms with Gasteiger partial charge in [-0.25, -0.2) is 4.79 Å². The Bertz CT molecular complexity index is 380. The summed E-state index contributed by atoms with van der Waals surface area (Å²) in [5, 5.41) is 5.79. The van der Waals surface area contributed by atoms with Gasteiger partial charge in [0.05, 0.1) is 12.8 Å². The minimum atomic E-state index is -0.481. The Labute approximate surface area is 107 Å². The van der Waals surface area contributed by atoms with Gasteiger partial charge in [0.25, 0.3) is 0 Å². The quantitative estimate of drug-likeness (QED) is 0.762. The molecule has 1 aromatic rings. The van der Waals surface area contributed by atoms with Crippen molar-refractivity contribution in [3.8, 4) is 5.75 Å². The Balaban J connectivity index is 2.35. The highest BCUT2D eigenvalue weighted by Crippen LogP contribution is 2.22. The molecular formula is C13H20N2O3. The van der Waals surface area contributed by atoms with E-state index in [4.69, 9.17) is 9.47 Å². The van der Waals surface area contributed by atoms with Crippen molar-refractivity contribution >= 4 is 11.8 Å². The number of methoxy groups -OCH3 is 1. The summed E-state index contributed by atoms with van der Waals surface area (Å²) in [5.74, 6) is 0.606. The number of rotatable bonds is 6. The molecule has 1 aromatic carbocycles. The molecule has 5 heteroatoms. The molecule has 100 valence electrons. The first kappa shape index (κ1) is 14.3. The van der Waals surface area contributed by atoms with Crippen molar-refractivity contribution in [3.63, 3.8) is 0 Å². The lowest BCUT2D eigenvalue weighted by Crippen LogP contribution is -2.28. The molecule has 0 fully saturated rings. The minimum Gasteiger partial charge on any atom is -0.495 e. The molecule has 18 heavy (non-hydrogen) atoms. The molecule has 0 aromatic heterocycles. The van der Waals surface area contributed by atoms with Crippen LogP contribution in [0.25, 0.3) is 0 Å². The highest BCUT2D eigenvalue weighted by atomic mass is 16.5. The lowest BCUT2D eigenvalue weighted by atomic mass is 10.3. The van der Waals surface area contributed by atoms with Gasteiger partial charge in [0, 0.05) is 12.6 Å². The van der Waals surface area contributed by atoms with Crippen LogP contribution in [0.5, 0.6) is 5.75 Å². The number of carbonyl (C=O) groups is 1. The van der Waals surface area contributed by atoms with Gasteiger partial charge < -0.3 is 14.8 Å². The normalized spacial score (nSPS) is 10.2. The van der Waals surface area contributed by atoms with Crippen LogP contribution < -0.4 is 15.4 Å². The Morgan fingerprint density at radius 2 is 2.06 bits per heavy atom. The van der Waals surface area contributed by atoms with E-state index in [0.29, 0.717) is 30.6 Å². The molecule has 2 N–H and O–H groups in total. The molecule has 0 atom stereocenters. The summed E-state index contributed by atoms with van der Waals surface area (Å²) in [6.07, 6.45) is -0.481. The molecule has 0 heterocycles. The van der Waals surface area contributed by atoms with Gasteiger partial charge in [-0.05, 0) is 12.1 Å². The molecule has 0 aliphatic heterocycles.